The SMILES string of the molecule is C=C1CCCC[C@H]1[C@H](CC(=O)CCCCCC)O[Si](C)(C)C(C)(C)C. The minimum atomic E-state index is -1.89. The first-order valence-electron chi connectivity index (χ1n) is 10.5. The Morgan fingerprint density at radius 2 is 1.92 bits per heavy atom. The lowest BCUT2D eigenvalue weighted by atomic mass is 9.80. The van der Waals surface area contributed by atoms with Crippen molar-refractivity contribution < 1.29 is 9.22 Å². The van der Waals surface area contributed by atoms with Crippen molar-refractivity contribution in [2.24, 2.45) is 5.92 Å². The predicted molar refractivity (Wildman–Crippen MR) is 112 cm³/mol. The van der Waals surface area contributed by atoms with Gasteiger partial charge < -0.3 is 4.43 Å². The van der Waals surface area contributed by atoms with Gasteiger partial charge in [0.25, 0.3) is 0 Å². The van der Waals surface area contributed by atoms with E-state index >= 15 is 0 Å². The third kappa shape index (κ3) is 7.38. The predicted octanol–water partition coefficient (Wildman–Crippen LogP) is 7.05. The molecule has 0 saturated heterocycles. The molecule has 146 valence electrons. The normalized spacial score (nSPS) is 20.6. The van der Waals surface area contributed by atoms with Gasteiger partial charge in [0.05, 0.1) is 6.10 Å². The second kappa shape index (κ2) is 10.1. The number of unbranched alkanes of at least 4 members (excludes halogenated alkanes) is 3. The van der Waals surface area contributed by atoms with Gasteiger partial charge in [-0.15, -0.1) is 0 Å². The van der Waals surface area contributed by atoms with Gasteiger partial charge in [0.2, 0.25) is 0 Å². The van der Waals surface area contributed by atoms with Gasteiger partial charge in [-0.3, -0.25) is 4.79 Å². The molecule has 3 heteroatoms. The highest BCUT2D eigenvalue weighted by Gasteiger charge is 2.41. The summed E-state index contributed by atoms with van der Waals surface area (Å²) in [5.74, 6) is 0.764. The van der Waals surface area contributed by atoms with Gasteiger partial charge in [-0.25, -0.2) is 0 Å². The summed E-state index contributed by atoms with van der Waals surface area (Å²) in [6, 6.07) is 0. The highest BCUT2D eigenvalue weighted by molar-refractivity contribution is 6.74. The van der Waals surface area contributed by atoms with Crippen molar-refractivity contribution in [1.29, 1.82) is 0 Å². The van der Waals surface area contributed by atoms with E-state index in [4.69, 9.17) is 4.43 Å². The number of hydrogen-bond acceptors (Lipinski definition) is 2. The fourth-order valence-corrected chi connectivity index (χ4v) is 4.81. The number of carbonyl (C=O) groups is 1. The lowest BCUT2D eigenvalue weighted by Crippen LogP contribution is -2.47. The van der Waals surface area contributed by atoms with E-state index in [-0.39, 0.29) is 11.1 Å². The van der Waals surface area contributed by atoms with E-state index in [0.29, 0.717) is 18.1 Å². The lowest BCUT2D eigenvalue weighted by molar-refractivity contribution is -0.121. The zero-order valence-corrected chi connectivity index (χ0v) is 18.7. The molecule has 25 heavy (non-hydrogen) atoms. The molecule has 0 spiro atoms. The minimum absolute atomic E-state index is 0.0485. The summed E-state index contributed by atoms with van der Waals surface area (Å²) in [5.41, 5.74) is 1.31. The van der Waals surface area contributed by atoms with Crippen LogP contribution in [0.3, 0.4) is 0 Å². The number of Topliss-reactive ketones (excluding diaryl/α,β-unsaturated/α-hetero) is 1. The summed E-state index contributed by atoms with van der Waals surface area (Å²) in [5, 5.41) is 0.172. The van der Waals surface area contributed by atoms with Crippen LogP contribution in [0.4, 0.5) is 0 Å². The molecule has 2 atom stereocenters. The van der Waals surface area contributed by atoms with Gasteiger partial charge in [-0.05, 0) is 43.8 Å². The highest BCUT2D eigenvalue weighted by Crippen LogP contribution is 2.41. The van der Waals surface area contributed by atoms with Gasteiger partial charge in [0, 0.05) is 18.8 Å². The van der Waals surface area contributed by atoms with Crippen molar-refractivity contribution >= 4 is 14.1 Å². The summed E-state index contributed by atoms with van der Waals surface area (Å²) < 4.78 is 6.77. The molecule has 2 nitrogen and oxygen atoms in total. The largest absolute Gasteiger partial charge is 0.413 e. The molecule has 0 heterocycles. The average Bonchev–Trinajstić information content (AvgIpc) is 2.50. The summed E-state index contributed by atoms with van der Waals surface area (Å²) in [6.45, 7) is 18.0. The molecule has 0 amide bonds. The van der Waals surface area contributed by atoms with E-state index in [0.717, 1.165) is 25.7 Å². The monoisotopic (exact) mass is 366 g/mol. The quantitative estimate of drug-likeness (QED) is 0.235. The van der Waals surface area contributed by atoms with Crippen LogP contribution in [-0.2, 0) is 9.22 Å². The van der Waals surface area contributed by atoms with Crippen LogP contribution < -0.4 is 0 Å². The molecule has 0 radical (unpaired) electrons. The van der Waals surface area contributed by atoms with Gasteiger partial charge in [0.15, 0.2) is 8.32 Å². The van der Waals surface area contributed by atoms with Crippen LogP contribution in [-0.4, -0.2) is 20.2 Å². The number of hydrogen-bond donors (Lipinski definition) is 0. The van der Waals surface area contributed by atoms with Crippen molar-refractivity contribution in [3.05, 3.63) is 12.2 Å². The zero-order chi connectivity index (χ0) is 19.1. The molecule has 1 aliphatic carbocycles. The average molecular weight is 367 g/mol. The Kier molecular flexibility index (Phi) is 9.10. The summed E-state index contributed by atoms with van der Waals surface area (Å²) in [7, 11) is -1.89. The van der Waals surface area contributed by atoms with Crippen LogP contribution >= 0.6 is 0 Å². The molecule has 0 bridgehead atoms. The van der Waals surface area contributed by atoms with Crippen LogP contribution in [0, 0.1) is 5.92 Å². The third-order valence-electron chi connectivity index (χ3n) is 6.23. The van der Waals surface area contributed by atoms with Crippen molar-refractivity contribution in [2.45, 2.75) is 116 Å². The Labute approximate surface area is 157 Å². The zero-order valence-electron chi connectivity index (χ0n) is 17.7. The lowest BCUT2D eigenvalue weighted by Gasteiger charge is -2.42. The summed E-state index contributed by atoms with van der Waals surface area (Å²) in [6.07, 6.45) is 10.7. The van der Waals surface area contributed by atoms with E-state index in [1.165, 1.54) is 37.7 Å². The maximum atomic E-state index is 12.6. The summed E-state index contributed by atoms with van der Waals surface area (Å²) in [4.78, 5) is 12.6. The first-order chi connectivity index (χ1) is 11.6. The van der Waals surface area contributed by atoms with Crippen LogP contribution in [0.1, 0.15) is 91.9 Å². The number of carbonyl (C=O) groups excluding carboxylic acids is 1. The van der Waals surface area contributed by atoms with Crippen molar-refractivity contribution in [3.8, 4) is 0 Å². The minimum Gasteiger partial charge on any atom is -0.413 e. The van der Waals surface area contributed by atoms with Crippen LogP contribution in [0.25, 0.3) is 0 Å². The van der Waals surface area contributed by atoms with Crippen molar-refractivity contribution in [1.82, 2.24) is 0 Å². The molecule has 1 aliphatic rings. The topological polar surface area (TPSA) is 26.3 Å². The molecule has 0 aromatic heterocycles. The molecular formula is C22H42O2Si. The van der Waals surface area contributed by atoms with Gasteiger partial charge in [-0.1, -0.05) is 65.5 Å². The van der Waals surface area contributed by atoms with Crippen LogP contribution in [0.15, 0.2) is 12.2 Å². The van der Waals surface area contributed by atoms with Gasteiger partial charge in [-0.2, -0.15) is 0 Å². The molecule has 0 aromatic rings. The molecule has 1 fully saturated rings. The molecule has 0 aromatic carbocycles. The molecular weight excluding hydrogens is 324 g/mol. The Balaban J connectivity index is 2.77. The van der Waals surface area contributed by atoms with E-state index in [1.54, 1.807) is 0 Å². The first-order valence-corrected chi connectivity index (χ1v) is 13.4. The number of ketones is 1. The second-order valence-electron chi connectivity index (χ2n) is 9.48. The van der Waals surface area contributed by atoms with Crippen molar-refractivity contribution in [2.75, 3.05) is 0 Å². The van der Waals surface area contributed by atoms with E-state index in [2.05, 4.69) is 47.4 Å². The fraction of sp³-hybridized carbons (Fsp3) is 0.864. The molecule has 0 N–H and O–H groups in total. The second-order valence-corrected chi connectivity index (χ2v) is 14.2. The number of rotatable bonds is 10. The summed E-state index contributed by atoms with van der Waals surface area (Å²) >= 11 is 0. The third-order valence-corrected chi connectivity index (χ3v) is 10.7. The Bertz CT molecular complexity index is 434. The maximum absolute atomic E-state index is 12.6. The highest BCUT2D eigenvalue weighted by atomic mass is 28.4. The standard InChI is InChI=1S/C22H42O2Si/c1-8-9-10-11-15-19(23)17-21(20-16-13-12-14-18(20)2)24-25(6,7)22(3,4)5/h20-21H,2,8-17H2,1,3-7H3/t20-,21+/m1/s1. The smallest absolute Gasteiger partial charge is 0.192 e. The first kappa shape index (κ1) is 22.6. The molecule has 0 unspecified atom stereocenters. The Morgan fingerprint density at radius 1 is 1.24 bits per heavy atom. The van der Waals surface area contributed by atoms with E-state index in [9.17, 15) is 4.79 Å². The van der Waals surface area contributed by atoms with Gasteiger partial charge >= 0.3 is 0 Å². The van der Waals surface area contributed by atoms with Crippen molar-refractivity contribution in [3.63, 3.8) is 0 Å². The molecule has 1 saturated carbocycles. The molecule has 1 rings (SSSR count). The van der Waals surface area contributed by atoms with E-state index < -0.39 is 8.32 Å². The molecule has 0 aliphatic heterocycles. The Hall–Kier alpha value is -0.413. The van der Waals surface area contributed by atoms with E-state index in [1.807, 2.05) is 0 Å². The fourth-order valence-electron chi connectivity index (χ4n) is 3.45. The maximum Gasteiger partial charge on any atom is 0.192 e. The van der Waals surface area contributed by atoms with Gasteiger partial charge in [0.1, 0.15) is 5.78 Å². The van der Waals surface area contributed by atoms with Crippen LogP contribution in [0.2, 0.25) is 18.1 Å². The van der Waals surface area contributed by atoms with Crippen LogP contribution in [0.5, 0.6) is 0 Å². The Morgan fingerprint density at radius 3 is 2.48 bits per heavy atom.